The molecule has 0 radical (unpaired) electrons. The van der Waals surface area contributed by atoms with Gasteiger partial charge in [0.15, 0.2) is 0 Å². The normalized spacial score (nSPS) is 12.8. The summed E-state index contributed by atoms with van der Waals surface area (Å²) >= 11 is 3.38. The van der Waals surface area contributed by atoms with Crippen LogP contribution in [0.25, 0.3) is 0 Å². The average molecular weight is 260 g/mol. The molecule has 0 aliphatic carbocycles. The summed E-state index contributed by atoms with van der Waals surface area (Å²) in [6, 6.07) is 7.94. The molecule has 1 rings (SSSR count). The number of aliphatic hydroxyl groups is 2. The highest BCUT2D eigenvalue weighted by Gasteiger charge is 2.00. The lowest BCUT2D eigenvalue weighted by molar-refractivity contribution is 0.0942. The summed E-state index contributed by atoms with van der Waals surface area (Å²) in [4.78, 5) is 0. The van der Waals surface area contributed by atoms with Crippen LogP contribution in [0.4, 0.5) is 0 Å². The van der Waals surface area contributed by atoms with Crippen molar-refractivity contribution in [2.45, 2.75) is 12.6 Å². The largest absolute Gasteiger partial charge is 0.394 e. The molecule has 0 amide bonds. The molecule has 1 aromatic rings. The van der Waals surface area contributed by atoms with Crippen molar-refractivity contribution in [3.05, 3.63) is 34.3 Å². The zero-order valence-corrected chi connectivity index (χ0v) is 9.37. The first-order valence-corrected chi connectivity index (χ1v) is 5.25. The van der Waals surface area contributed by atoms with Crippen molar-refractivity contribution in [1.29, 1.82) is 0 Å². The molecule has 3 nitrogen and oxygen atoms in total. The van der Waals surface area contributed by atoms with E-state index in [-0.39, 0.29) is 6.61 Å². The summed E-state index contributed by atoms with van der Waals surface area (Å²) in [6.07, 6.45) is -0.679. The van der Waals surface area contributed by atoms with Gasteiger partial charge in [0.05, 0.1) is 12.7 Å². The van der Waals surface area contributed by atoms with Crippen LogP contribution in [0.2, 0.25) is 0 Å². The molecule has 4 heteroatoms. The van der Waals surface area contributed by atoms with E-state index in [4.69, 9.17) is 10.2 Å². The molecule has 0 heterocycles. The summed E-state index contributed by atoms with van der Waals surface area (Å²) in [5.41, 5.74) is 1.14. The Hall–Kier alpha value is -0.420. The minimum atomic E-state index is -0.679. The van der Waals surface area contributed by atoms with Crippen LogP contribution in [-0.4, -0.2) is 29.5 Å². The van der Waals surface area contributed by atoms with Crippen LogP contribution in [0.5, 0.6) is 0 Å². The molecule has 0 saturated heterocycles. The summed E-state index contributed by atoms with van der Waals surface area (Å²) in [6.45, 7) is 0.894. The van der Waals surface area contributed by atoms with Gasteiger partial charge in [-0.05, 0) is 17.7 Å². The van der Waals surface area contributed by atoms with Crippen LogP contribution >= 0.6 is 15.9 Å². The van der Waals surface area contributed by atoms with E-state index in [9.17, 15) is 0 Å². The van der Waals surface area contributed by atoms with Crippen LogP contribution in [0.15, 0.2) is 28.7 Å². The molecule has 0 aliphatic heterocycles. The average Bonchev–Trinajstić information content (AvgIpc) is 2.17. The van der Waals surface area contributed by atoms with Gasteiger partial charge in [-0.15, -0.1) is 0 Å². The van der Waals surface area contributed by atoms with Gasteiger partial charge in [0, 0.05) is 17.6 Å². The van der Waals surface area contributed by atoms with E-state index < -0.39 is 6.10 Å². The second kappa shape index (κ2) is 6.14. The zero-order valence-electron chi connectivity index (χ0n) is 7.78. The first-order valence-electron chi connectivity index (χ1n) is 4.46. The fourth-order valence-electron chi connectivity index (χ4n) is 1.09. The second-order valence-corrected chi connectivity index (χ2v) is 4.01. The summed E-state index contributed by atoms with van der Waals surface area (Å²) in [7, 11) is 0. The molecule has 0 saturated carbocycles. The van der Waals surface area contributed by atoms with Crippen molar-refractivity contribution in [3.63, 3.8) is 0 Å². The monoisotopic (exact) mass is 259 g/mol. The predicted octanol–water partition coefficient (Wildman–Crippen LogP) is 0.892. The van der Waals surface area contributed by atoms with Crippen LogP contribution in [0.3, 0.4) is 0 Å². The molecule has 0 unspecified atom stereocenters. The molecule has 0 fully saturated rings. The van der Waals surface area contributed by atoms with E-state index in [0.717, 1.165) is 10.0 Å². The molecule has 1 atom stereocenters. The molecule has 78 valence electrons. The van der Waals surface area contributed by atoms with Gasteiger partial charge >= 0.3 is 0 Å². The summed E-state index contributed by atoms with van der Waals surface area (Å²) < 4.78 is 1.04. The Labute approximate surface area is 91.9 Å². The predicted molar refractivity (Wildman–Crippen MR) is 58.9 cm³/mol. The first kappa shape index (κ1) is 11.7. The Morgan fingerprint density at radius 3 is 2.86 bits per heavy atom. The fourth-order valence-corrected chi connectivity index (χ4v) is 1.54. The van der Waals surface area contributed by atoms with Crippen molar-refractivity contribution in [2.24, 2.45) is 0 Å². The zero-order chi connectivity index (χ0) is 10.4. The van der Waals surface area contributed by atoms with Crippen molar-refractivity contribution in [3.8, 4) is 0 Å². The van der Waals surface area contributed by atoms with Crippen LogP contribution < -0.4 is 5.32 Å². The smallest absolute Gasteiger partial charge is 0.0895 e. The molecule has 0 aromatic heterocycles. The van der Waals surface area contributed by atoms with Gasteiger partial charge in [-0.2, -0.15) is 0 Å². The van der Waals surface area contributed by atoms with Gasteiger partial charge in [0.2, 0.25) is 0 Å². The maximum Gasteiger partial charge on any atom is 0.0895 e. The van der Waals surface area contributed by atoms with Crippen molar-refractivity contribution < 1.29 is 10.2 Å². The number of aliphatic hydroxyl groups excluding tert-OH is 2. The highest BCUT2D eigenvalue weighted by Crippen LogP contribution is 2.11. The first-order chi connectivity index (χ1) is 6.72. The molecule has 1 aromatic carbocycles. The topological polar surface area (TPSA) is 52.5 Å². The Morgan fingerprint density at radius 1 is 1.43 bits per heavy atom. The number of nitrogens with one attached hydrogen (secondary N) is 1. The number of hydrogen-bond acceptors (Lipinski definition) is 3. The SMILES string of the molecule is OC[C@@H](O)CNCc1cccc(Br)c1. The highest BCUT2D eigenvalue weighted by molar-refractivity contribution is 9.10. The van der Waals surface area contributed by atoms with E-state index in [1.165, 1.54) is 0 Å². The molecule has 14 heavy (non-hydrogen) atoms. The highest BCUT2D eigenvalue weighted by atomic mass is 79.9. The molecule has 0 aliphatic rings. The van der Waals surface area contributed by atoms with Crippen molar-refractivity contribution in [1.82, 2.24) is 5.32 Å². The quantitative estimate of drug-likeness (QED) is 0.737. The Bertz CT molecular complexity index is 281. The molecule has 0 bridgehead atoms. The molecular formula is C10H14BrNO2. The van der Waals surface area contributed by atoms with Crippen LogP contribution in [-0.2, 0) is 6.54 Å². The Morgan fingerprint density at radius 2 is 2.21 bits per heavy atom. The lowest BCUT2D eigenvalue weighted by atomic mass is 10.2. The van der Waals surface area contributed by atoms with Gasteiger partial charge < -0.3 is 15.5 Å². The maximum atomic E-state index is 9.07. The number of hydrogen-bond donors (Lipinski definition) is 3. The van der Waals surface area contributed by atoms with Crippen molar-refractivity contribution in [2.75, 3.05) is 13.2 Å². The van der Waals surface area contributed by atoms with Gasteiger partial charge in [-0.3, -0.25) is 0 Å². The van der Waals surface area contributed by atoms with Gasteiger partial charge in [0.1, 0.15) is 0 Å². The third-order valence-corrected chi connectivity index (χ3v) is 2.30. The number of rotatable bonds is 5. The molecule has 3 N–H and O–H groups in total. The van der Waals surface area contributed by atoms with E-state index in [1.54, 1.807) is 0 Å². The second-order valence-electron chi connectivity index (χ2n) is 3.10. The van der Waals surface area contributed by atoms with Crippen LogP contribution in [0, 0.1) is 0 Å². The molecule has 0 spiro atoms. The Balaban J connectivity index is 2.31. The van der Waals surface area contributed by atoms with E-state index in [0.29, 0.717) is 13.1 Å². The van der Waals surface area contributed by atoms with Gasteiger partial charge in [-0.25, -0.2) is 0 Å². The number of halogens is 1. The van der Waals surface area contributed by atoms with Crippen LogP contribution in [0.1, 0.15) is 5.56 Å². The third-order valence-electron chi connectivity index (χ3n) is 1.81. The van der Waals surface area contributed by atoms with E-state index >= 15 is 0 Å². The maximum absolute atomic E-state index is 9.07. The standard InChI is InChI=1S/C10H14BrNO2/c11-9-3-1-2-8(4-9)5-12-6-10(14)7-13/h1-4,10,12-14H,5-7H2/t10-/m0/s1. The molecular weight excluding hydrogens is 246 g/mol. The fraction of sp³-hybridized carbons (Fsp3) is 0.400. The minimum absolute atomic E-state index is 0.203. The number of benzene rings is 1. The minimum Gasteiger partial charge on any atom is -0.394 e. The van der Waals surface area contributed by atoms with Gasteiger partial charge in [0.25, 0.3) is 0 Å². The third kappa shape index (κ3) is 4.19. The van der Waals surface area contributed by atoms with Gasteiger partial charge in [-0.1, -0.05) is 28.1 Å². The van der Waals surface area contributed by atoms with Crippen molar-refractivity contribution >= 4 is 15.9 Å². The Kier molecular flexibility index (Phi) is 5.11. The summed E-state index contributed by atoms with van der Waals surface area (Å²) in [5, 5.41) is 20.7. The lowest BCUT2D eigenvalue weighted by Gasteiger charge is -2.08. The van der Waals surface area contributed by atoms with E-state index in [1.807, 2.05) is 24.3 Å². The summed E-state index contributed by atoms with van der Waals surface area (Å²) in [5.74, 6) is 0. The lowest BCUT2D eigenvalue weighted by Crippen LogP contribution is -2.28. The van der Waals surface area contributed by atoms with E-state index in [2.05, 4.69) is 21.2 Å².